The fraction of sp³-hybridized carbons (Fsp3) is 0.333. The zero-order valence-corrected chi connectivity index (χ0v) is 25.5. The fourth-order valence-corrected chi connectivity index (χ4v) is 7.48. The Kier molecular flexibility index (Phi) is 9.12. The van der Waals surface area contributed by atoms with Gasteiger partial charge in [0.15, 0.2) is 0 Å². The Morgan fingerprint density at radius 3 is 1.93 bits per heavy atom. The number of unbranched alkanes of at least 4 members (excludes halogenated alkanes) is 2. The molecule has 3 heterocycles. The molecular formula is C33H36N3O3S2-. The predicted molar refractivity (Wildman–Crippen MR) is 167 cm³/mol. The number of benzene rings is 2. The van der Waals surface area contributed by atoms with Crippen LogP contribution >= 0.6 is 11.8 Å². The van der Waals surface area contributed by atoms with Gasteiger partial charge in [-0.2, -0.15) is 0 Å². The first-order chi connectivity index (χ1) is 19.9. The first-order valence-corrected chi connectivity index (χ1v) is 16.7. The van der Waals surface area contributed by atoms with E-state index in [-0.39, 0.29) is 6.42 Å². The van der Waals surface area contributed by atoms with Crippen molar-refractivity contribution in [2.75, 3.05) is 4.90 Å². The number of fused-ring (bicyclic) bond motifs is 2. The van der Waals surface area contributed by atoms with E-state index in [2.05, 4.69) is 32.0 Å². The van der Waals surface area contributed by atoms with Crippen molar-refractivity contribution in [1.29, 1.82) is 0 Å². The quantitative estimate of drug-likeness (QED) is 0.163. The number of aromatic nitrogens is 2. The average Bonchev–Trinajstić information content (AvgIpc) is 2.98. The van der Waals surface area contributed by atoms with Gasteiger partial charge < -0.3 is 9.45 Å². The SMILES string of the molecule is CCCCc1cccnc1-c1ccc2c(c1)Sc1ccc(-c3ncccc3CCCC)cc1N2C(CC)S(=O)(=O)[O-]. The van der Waals surface area contributed by atoms with Crippen LogP contribution in [-0.2, 0) is 23.0 Å². The fourth-order valence-electron chi connectivity index (χ4n) is 5.49. The second-order valence-corrected chi connectivity index (χ2v) is 13.0. The van der Waals surface area contributed by atoms with Crippen molar-refractivity contribution in [2.24, 2.45) is 0 Å². The molecule has 214 valence electrons. The van der Waals surface area contributed by atoms with Crippen LogP contribution < -0.4 is 4.90 Å². The second-order valence-electron chi connectivity index (χ2n) is 10.4. The van der Waals surface area contributed by atoms with Crippen LogP contribution in [-0.4, -0.2) is 28.3 Å². The van der Waals surface area contributed by atoms with Gasteiger partial charge in [0, 0.05) is 33.3 Å². The first-order valence-electron chi connectivity index (χ1n) is 14.4. The third kappa shape index (κ3) is 6.20. The zero-order chi connectivity index (χ0) is 29.0. The lowest BCUT2D eigenvalue weighted by molar-refractivity contribution is 0.445. The summed E-state index contributed by atoms with van der Waals surface area (Å²) in [6.45, 7) is 6.09. The highest BCUT2D eigenvalue weighted by Gasteiger charge is 2.33. The minimum Gasteiger partial charge on any atom is -0.746 e. The summed E-state index contributed by atoms with van der Waals surface area (Å²) in [5, 5.41) is -1.24. The average molecular weight is 587 g/mol. The lowest BCUT2D eigenvalue weighted by Crippen LogP contribution is -2.39. The van der Waals surface area contributed by atoms with Crippen molar-refractivity contribution in [3.63, 3.8) is 0 Å². The molecule has 1 aliphatic rings. The highest BCUT2D eigenvalue weighted by Crippen LogP contribution is 2.52. The molecule has 41 heavy (non-hydrogen) atoms. The van der Waals surface area contributed by atoms with Gasteiger partial charge in [0.05, 0.1) is 22.8 Å². The van der Waals surface area contributed by atoms with Crippen LogP contribution in [0, 0.1) is 0 Å². The molecular weight excluding hydrogens is 551 g/mol. The molecule has 4 aromatic rings. The first kappa shape index (κ1) is 29.3. The largest absolute Gasteiger partial charge is 0.746 e. The Morgan fingerprint density at radius 2 is 1.37 bits per heavy atom. The van der Waals surface area contributed by atoms with E-state index >= 15 is 0 Å². The number of pyridine rings is 2. The van der Waals surface area contributed by atoms with E-state index in [1.54, 1.807) is 29.8 Å². The summed E-state index contributed by atoms with van der Waals surface area (Å²) in [7, 11) is -4.64. The molecule has 8 heteroatoms. The van der Waals surface area contributed by atoms with Gasteiger partial charge in [-0.25, -0.2) is 8.42 Å². The van der Waals surface area contributed by atoms with Crippen LogP contribution in [0.1, 0.15) is 64.0 Å². The zero-order valence-electron chi connectivity index (χ0n) is 23.8. The molecule has 2 aromatic carbocycles. The normalized spacial score (nSPS) is 13.5. The number of hydrogen-bond acceptors (Lipinski definition) is 7. The second kappa shape index (κ2) is 12.8. The van der Waals surface area contributed by atoms with Gasteiger partial charge >= 0.3 is 0 Å². The standard InChI is InChI=1S/C33H37N3O3S2/c1-4-7-11-23-13-9-19-34-32(23)25-16-18-29-28(21-25)36(31(6-3)41(37,38)39)27-17-15-26(22-30(27)40-29)33-24(12-8-5-2)14-10-20-35-33/h9-10,13-22,31H,4-8,11-12H2,1-3H3,(H,37,38,39)/p-1. The highest BCUT2D eigenvalue weighted by molar-refractivity contribution is 7.99. The number of nitrogens with zero attached hydrogens (tertiary/aromatic N) is 3. The molecule has 0 aliphatic carbocycles. The van der Waals surface area contributed by atoms with Crippen LogP contribution in [0.2, 0.25) is 0 Å². The van der Waals surface area contributed by atoms with E-state index < -0.39 is 15.5 Å². The van der Waals surface area contributed by atoms with Crippen LogP contribution in [0.4, 0.5) is 11.4 Å². The molecule has 6 nitrogen and oxygen atoms in total. The topological polar surface area (TPSA) is 86.2 Å². The number of anilines is 2. The Bertz CT molecular complexity index is 1640. The molecule has 1 aliphatic heterocycles. The molecule has 0 fully saturated rings. The summed E-state index contributed by atoms with van der Waals surface area (Å²) in [6, 6.07) is 20.2. The molecule has 0 radical (unpaired) electrons. The minimum absolute atomic E-state index is 0.161. The van der Waals surface area contributed by atoms with Crippen molar-refractivity contribution < 1.29 is 13.0 Å². The van der Waals surface area contributed by atoms with E-state index in [9.17, 15) is 13.0 Å². The van der Waals surface area contributed by atoms with Crippen molar-refractivity contribution in [1.82, 2.24) is 9.97 Å². The van der Waals surface area contributed by atoms with E-state index in [1.165, 1.54) is 5.56 Å². The molecule has 0 bridgehead atoms. The summed E-state index contributed by atoms with van der Waals surface area (Å²) in [5.41, 5.74) is 7.51. The van der Waals surface area contributed by atoms with E-state index in [4.69, 9.17) is 9.97 Å². The van der Waals surface area contributed by atoms with Gasteiger partial charge in [-0.3, -0.25) is 9.97 Å². The monoisotopic (exact) mass is 586 g/mol. The molecule has 1 atom stereocenters. The minimum atomic E-state index is -4.64. The molecule has 0 spiro atoms. The van der Waals surface area contributed by atoms with Gasteiger partial charge in [0.25, 0.3) is 0 Å². The lowest BCUT2D eigenvalue weighted by atomic mass is 10.00. The summed E-state index contributed by atoms with van der Waals surface area (Å²) in [6.07, 6.45) is 9.95. The van der Waals surface area contributed by atoms with Gasteiger partial charge in [0.2, 0.25) is 0 Å². The van der Waals surface area contributed by atoms with Gasteiger partial charge in [-0.15, -0.1) is 0 Å². The Morgan fingerprint density at radius 1 is 0.780 bits per heavy atom. The smallest absolute Gasteiger partial charge is 0.124 e. The van der Waals surface area contributed by atoms with Gasteiger partial charge in [0.1, 0.15) is 15.5 Å². The Labute approximate surface area is 248 Å². The van der Waals surface area contributed by atoms with Crippen molar-refractivity contribution in [3.05, 3.63) is 84.2 Å². The number of rotatable bonds is 11. The molecule has 0 amide bonds. The molecule has 1 unspecified atom stereocenters. The number of hydrogen-bond donors (Lipinski definition) is 0. The molecule has 2 aromatic heterocycles. The maximum absolute atomic E-state index is 12.6. The van der Waals surface area contributed by atoms with Crippen molar-refractivity contribution in [2.45, 2.75) is 80.9 Å². The molecule has 5 rings (SSSR count). The van der Waals surface area contributed by atoms with E-state index in [0.717, 1.165) is 76.4 Å². The maximum atomic E-state index is 12.6. The third-order valence-electron chi connectivity index (χ3n) is 7.56. The predicted octanol–water partition coefficient (Wildman–Crippen LogP) is 8.38. The third-order valence-corrected chi connectivity index (χ3v) is 9.88. The summed E-state index contributed by atoms with van der Waals surface area (Å²) >= 11 is 1.59. The lowest BCUT2D eigenvalue weighted by Gasteiger charge is -2.39. The van der Waals surface area contributed by atoms with E-state index in [1.807, 2.05) is 48.7 Å². The van der Waals surface area contributed by atoms with Crippen LogP contribution in [0.3, 0.4) is 0 Å². The molecule has 0 saturated heterocycles. The molecule has 0 N–H and O–H groups in total. The summed E-state index contributed by atoms with van der Waals surface area (Å²) < 4.78 is 37.8. The van der Waals surface area contributed by atoms with Crippen molar-refractivity contribution in [3.8, 4) is 22.5 Å². The highest BCUT2D eigenvalue weighted by atomic mass is 32.2. The summed E-state index contributed by atoms with van der Waals surface area (Å²) in [4.78, 5) is 12.9. The van der Waals surface area contributed by atoms with Crippen LogP contribution in [0.25, 0.3) is 22.5 Å². The number of aryl methyl sites for hydroxylation is 2. The van der Waals surface area contributed by atoms with Gasteiger partial charge in [-0.05, 0) is 79.6 Å². The molecule has 0 saturated carbocycles. The van der Waals surface area contributed by atoms with E-state index in [0.29, 0.717) is 11.4 Å². The Balaban J connectivity index is 1.63. The maximum Gasteiger partial charge on any atom is 0.124 e. The Hall–Kier alpha value is -3.20. The van der Waals surface area contributed by atoms with Gasteiger partial charge in [-0.1, -0.05) is 69.6 Å². The van der Waals surface area contributed by atoms with Crippen LogP contribution in [0.5, 0.6) is 0 Å². The van der Waals surface area contributed by atoms with Crippen LogP contribution in [0.15, 0.2) is 82.8 Å². The summed E-state index contributed by atoms with van der Waals surface area (Å²) in [5.74, 6) is 0. The van der Waals surface area contributed by atoms with Crippen molar-refractivity contribution >= 4 is 33.3 Å².